The average Bonchev–Trinajstić information content (AvgIpc) is 2.96. The van der Waals surface area contributed by atoms with E-state index in [1.54, 1.807) is 0 Å². The lowest BCUT2D eigenvalue weighted by atomic mass is 9.82. The summed E-state index contributed by atoms with van der Waals surface area (Å²) in [5.74, 6) is 3.81. The van der Waals surface area contributed by atoms with Crippen molar-refractivity contribution >= 4 is 0 Å². The number of nitrogens with one attached hydrogen (secondary N) is 1. The van der Waals surface area contributed by atoms with Gasteiger partial charge < -0.3 is 9.84 Å². The van der Waals surface area contributed by atoms with Crippen LogP contribution in [0.15, 0.2) is 4.52 Å². The van der Waals surface area contributed by atoms with Crippen molar-refractivity contribution in [2.45, 2.75) is 76.7 Å². The third-order valence-corrected chi connectivity index (χ3v) is 5.50. The Morgan fingerprint density at radius 2 is 2.00 bits per heavy atom. The highest BCUT2D eigenvalue weighted by Gasteiger charge is 2.28. The van der Waals surface area contributed by atoms with Crippen LogP contribution in [0.3, 0.4) is 0 Å². The van der Waals surface area contributed by atoms with Gasteiger partial charge in [0.2, 0.25) is 5.89 Å². The van der Waals surface area contributed by atoms with Gasteiger partial charge in [-0.2, -0.15) is 4.98 Å². The van der Waals surface area contributed by atoms with E-state index >= 15 is 0 Å². The highest BCUT2D eigenvalue weighted by molar-refractivity contribution is 4.99. The summed E-state index contributed by atoms with van der Waals surface area (Å²) in [7, 11) is 2.08. The molecular weight excluding hydrogens is 262 g/mol. The Morgan fingerprint density at radius 3 is 2.81 bits per heavy atom. The highest BCUT2D eigenvalue weighted by Crippen LogP contribution is 2.35. The van der Waals surface area contributed by atoms with E-state index in [0.717, 1.165) is 24.1 Å². The molecule has 4 heteroatoms. The molecule has 4 unspecified atom stereocenters. The molecule has 0 radical (unpaired) electrons. The molecule has 2 aliphatic rings. The first-order valence-electron chi connectivity index (χ1n) is 8.76. The van der Waals surface area contributed by atoms with Crippen LogP contribution in [0.2, 0.25) is 0 Å². The number of hydrogen-bond acceptors (Lipinski definition) is 4. The van der Waals surface area contributed by atoms with Crippen molar-refractivity contribution in [1.29, 1.82) is 0 Å². The molecule has 0 bridgehead atoms. The number of nitrogens with zero attached hydrogens (tertiary/aromatic N) is 2. The van der Waals surface area contributed by atoms with E-state index in [4.69, 9.17) is 9.51 Å². The van der Waals surface area contributed by atoms with Gasteiger partial charge in [-0.3, -0.25) is 0 Å². The Hall–Kier alpha value is -0.900. The second-order valence-corrected chi connectivity index (χ2v) is 7.16. The molecule has 2 fully saturated rings. The van der Waals surface area contributed by atoms with Crippen LogP contribution >= 0.6 is 0 Å². The van der Waals surface area contributed by atoms with Gasteiger partial charge in [0.15, 0.2) is 5.82 Å². The number of rotatable bonds is 4. The fourth-order valence-electron chi connectivity index (χ4n) is 4.24. The molecule has 0 amide bonds. The highest BCUT2D eigenvalue weighted by atomic mass is 16.5. The molecule has 4 atom stereocenters. The lowest BCUT2D eigenvalue weighted by molar-refractivity contribution is 0.248. The Kier molecular flexibility index (Phi) is 4.94. The Morgan fingerprint density at radius 1 is 1.14 bits per heavy atom. The van der Waals surface area contributed by atoms with Crippen LogP contribution in [0.4, 0.5) is 0 Å². The summed E-state index contributed by atoms with van der Waals surface area (Å²) in [6, 6.07) is 0.615. The third-order valence-electron chi connectivity index (χ3n) is 5.50. The minimum Gasteiger partial charge on any atom is -0.339 e. The maximum absolute atomic E-state index is 5.56. The van der Waals surface area contributed by atoms with Crippen molar-refractivity contribution < 1.29 is 4.52 Å². The molecule has 3 rings (SSSR count). The van der Waals surface area contributed by atoms with Gasteiger partial charge in [-0.25, -0.2) is 0 Å². The zero-order chi connectivity index (χ0) is 14.7. The van der Waals surface area contributed by atoms with Gasteiger partial charge in [0.05, 0.1) is 0 Å². The van der Waals surface area contributed by atoms with Gasteiger partial charge in [-0.1, -0.05) is 37.8 Å². The van der Waals surface area contributed by atoms with E-state index in [-0.39, 0.29) is 0 Å². The Balaban J connectivity index is 1.61. The predicted octanol–water partition coefficient (Wildman–Crippen LogP) is 3.68. The molecule has 0 spiro atoms. The first-order valence-corrected chi connectivity index (χ1v) is 8.76. The van der Waals surface area contributed by atoms with Gasteiger partial charge in [0, 0.05) is 18.4 Å². The van der Waals surface area contributed by atoms with Gasteiger partial charge in [0.25, 0.3) is 0 Å². The molecule has 1 aromatic rings. The molecule has 21 heavy (non-hydrogen) atoms. The average molecular weight is 291 g/mol. The third kappa shape index (κ3) is 3.65. The smallest absolute Gasteiger partial charge is 0.226 e. The second kappa shape index (κ2) is 6.91. The van der Waals surface area contributed by atoms with Crippen LogP contribution in [0, 0.1) is 11.8 Å². The van der Waals surface area contributed by atoms with Crippen LogP contribution in [-0.2, 0) is 6.42 Å². The van der Waals surface area contributed by atoms with Crippen LogP contribution < -0.4 is 5.32 Å². The molecule has 0 saturated heterocycles. The first kappa shape index (κ1) is 15.0. The van der Waals surface area contributed by atoms with E-state index in [1.165, 1.54) is 51.4 Å². The van der Waals surface area contributed by atoms with Gasteiger partial charge in [-0.15, -0.1) is 0 Å². The predicted molar refractivity (Wildman–Crippen MR) is 83.2 cm³/mol. The van der Waals surface area contributed by atoms with E-state index in [2.05, 4.69) is 24.4 Å². The summed E-state index contributed by atoms with van der Waals surface area (Å²) in [5, 5.41) is 7.74. The van der Waals surface area contributed by atoms with Gasteiger partial charge in [-0.05, 0) is 44.6 Å². The van der Waals surface area contributed by atoms with E-state index in [9.17, 15) is 0 Å². The van der Waals surface area contributed by atoms with Crippen molar-refractivity contribution in [3.05, 3.63) is 11.7 Å². The molecule has 4 nitrogen and oxygen atoms in total. The first-order chi connectivity index (χ1) is 10.3. The summed E-state index contributed by atoms with van der Waals surface area (Å²) in [6.45, 7) is 2.34. The SMILES string of the molecule is CNC1CCCCC1Cc1nc(C2CCCC(C)C2)no1. The summed E-state index contributed by atoms with van der Waals surface area (Å²) < 4.78 is 5.56. The maximum atomic E-state index is 5.56. The lowest BCUT2D eigenvalue weighted by Crippen LogP contribution is -2.37. The summed E-state index contributed by atoms with van der Waals surface area (Å²) in [5.41, 5.74) is 0. The van der Waals surface area contributed by atoms with Crippen molar-refractivity contribution in [2.75, 3.05) is 7.05 Å². The van der Waals surface area contributed by atoms with Crippen LogP contribution in [0.5, 0.6) is 0 Å². The zero-order valence-corrected chi connectivity index (χ0v) is 13.5. The van der Waals surface area contributed by atoms with E-state index in [0.29, 0.717) is 17.9 Å². The molecule has 1 heterocycles. The summed E-state index contributed by atoms with van der Waals surface area (Å²) in [4.78, 5) is 4.73. The fourth-order valence-corrected chi connectivity index (χ4v) is 4.24. The number of hydrogen-bond donors (Lipinski definition) is 1. The van der Waals surface area contributed by atoms with Crippen molar-refractivity contribution in [3.63, 3.8) is 0 Å². The van der Waals surface area contributed by atoms with Gasteiger partial charge in [0.1, 0.15) is 0 Å². The van der Waals surface area contributed by atoms with Crippen LogP contribution in [-0.4, -0.2) is 23.2 Å². The molecule has 0 aromatic carbocycles. The Bertz CT molecular complexity index is 445. The monoisotopic (exact) mass is 291 g/mol. The molecule has 1 aromatic heterocycles. The Labute approximate surface area is 128 Å². The van der Waals surface area contributed by atoms with E-state index < -0.39 is 0 Å². The lowest BCUT2D eigenvalue weighted by Gasteiger charge is -2.30. The molecule has 2 saturated carbocycles. The molecule has 2 aliphatic carbocycles. The van der Waals surface area contributed by atoms with Crippen molar-refractivity contribution in [2.24, 2.45) is 11.8 Å². The molecule has 118 valence electrons. The molecular formula is C17H29N3O. The van der Waals surface area contributed by atoms with E-state index in [1.807, 2.05) is 0 Å². The zero-order valence-electron chi connectivity index (χ0n) is 13.5. The topological polar surface area (TPSA) is 51.0 Å². The summed E-state index contributed by atoms with van der Waals surface area (Å²) >= 11 is 0. The minimum atomic E-state index is 0.526. The number of aromatic nitrogens is 2. The maximum Gasteiger partial charge on any atom is 0.226 e. The second-order valence-electron chi connectivity index (χ2n) is 7.16. The largest absolute Gasteiger partial charge is 0.339 e. The molecule has 1 N–H and O–H groups in total. The van der Waals surface area contributed by atoms with Crippen LogP contribution in [0.1, 0.15) is 75.9 Å². The van der Waals surface area contributed by atoms with Gasteiger partial charge >= 0.3 is 0 Å². The molecule has 0 aliphatic heterocycles. The fraction of sp³-hybridized carbons (Fsp3) is 0.882. The quantitative estimate of drug-likeness (QED) is 0.919. The van der Waals surface area contributed by atoms with Crippen molar-refractivity contribution in [3.8, 4) is 0 Å². The van der Waals surface area contributed by atoms with Crippen molar-refractivity contribution in [1.82, 2.24) is 15.5 Å². The van der Waals surface area contributed by atoms with Crippen LogP contribution in [0.25, 0.3) is 0 Å². The summed E-state index contributed by atoms with van der Waals surface area (Å²) in [6.07, 6.45) is 11.3. The minimum absolute atomic E-state index is 0.526. The standard InChI is InChI=1S/C17H29N3O/c1-12-6-5-8-14(10-12)17-19-16(21-20-17)11-13-7-3-4-9-15(13)18-2/h12-15,18H,3-11H2,1-2H3. The normalized spacial score (nSPS) is 34.0.